The van der Waals surface area contributed by atoms with Crippen LogP contribution in [0.15, 0.2) is 52.5 Å². The van der Waals surface area contributed by atoms with E-state index >= 15 is 0 Å². The van der Waals surface area contributed by atoms with E-state index in [2.05, 4.69) is 22.0 Å². The number of halogens is 1. The normalized spacial score (nSPS) is 10.8. The van der Waals surface area contributed by atoms with Crippen molar-refractivity contribution in [3.8, 4) is 17.9 Å². The molecule has 0 N–H and O–H groups in total. The zero-order chi connectivity index (χ0) is 29.2. The molecule has 0 unspecified atom stereocenters. The van der Waals surface area contributed by atoms with Crippen molar-refractivity contribution in [2.45, 2.75) is 33.8 Å². The maximum atomic E-state index is 13.3. The second-order valence-corrected chi connectivity index (χ2v) is 10.3. The third-order valence-electron chi connectivity index (χ3n) is 5.69. The van der Waals surface area contributed by atoms with Crippen LogP contribution in [-0.2, 0) is 27.3 Å². The number of Topliss-reactive ketones (excluding diaryl/α,β-unsaturated/α-hetero) is 1. The number of rotatable bonds is 11. The lowest BCUT2D eigenvalue weighted by Gasteiger charge is -2.11. The van der Waals surface area contributed by atoms with Gasteiger partial charge < -0.3 is 14.2 Å². The van der Waals surface area contributed by atoms with Crippen molar-refractivity contribution in [3.63, 3.8) is 0 Å². The standard InChI is InChI=1S/C30H25BrN2O6S/c1-4-37-29(35)27-18(3)28(30(36)38-5-2)40-26(27)14-24(34)22(16-33)12-21-13-23(31)10-11-25(21)39-17-20-9-7-6-8-19(20)15-32/h6-13H,4-5,14,17H2,1-3H3/b22-12+. The highest BCUT2D eigenvalue weighted by Gasteiger charge is 2.28. The second-order valence-electron chi connectivity index (χ2n) is 8.30. The highest BCUT2D eigenvalue weighted by Crippen LogP contribution is 2.32. The van der Waals surface area contributed by atoms with Crippen LogP contribution in [0.4, 0.5) is 0 Å². The van der Waals surface area contributed by atoms with Crippen LogP contribution in [0.3, 0.4) is 0 Å². The minimum Gasteiger partial charge on any atom is -0.488 e. The van der Waals surface area contributed by atoms with Gasteiger partial charge in [-0.1, -0.05) is 34.1 Å². The van der Waals surface area contributed by atoms with Gasteiger partial charge in [0.15, 0.2) is 5.78 Å². The number of allylic oxidation sites excluding steroid dienone is 1. The molecule has 0 amide bonds. The zero-order valence-electron chi connectivity index (χ0n) is 22.1. The van der Waals surface area contributed by atoms with E-state index in [0.29, 0.717) is 37.4 Å². The Bertz CT molecular complexity index is 1560. The molecule has 0 spiro atoms. The molecule has 0 bridgehead atoms. The summed E-state index contributed by atoms with van der Waals surface area (Å²) in [5.74, 6) is -1.40. The first-order valence-electron chi connectivity index (χ1n) is 12.3. The molecule has 8 nitrogen and oxygen atoms in total. The Hall–Kier alpha value is -4.25. The first-order chi connectivity index (χ1) is 19.2. The SMILES string of the molecule is CCOC(=O)c1sc(CC(=O)/C(C#N)=C/c2cc(Br)ccc2OCc2ccccc2C#N)c(C(=O)OCC)c1C. The lowest BCUT2D eigenvalue weighted by atomic mass is 10.0. The summed E-state index contributed by atoms with van der Waals surface area (Å²) in [6, 6.07) is 16.3. The first-order valence-corrected chi connectivity index (χ1v) is 13.9. The zero-order valence-corrected chi connectivity index (χ0v) is 24.5. The largest absolute Gasteiger partial charge is 0.488 e. The van der Waals surface area contributed by atoms with E-state index in [1.54, 1.807) is 63.2 Å². The second kappa shape index (κ2) is 14.2. The summed E-state index contributed by atoms with van der Waals surface area (Å²) in [4.78, 5) is 39.0. The van der Waals surface area contributed by atoms with Gasteiger partial charge in [0.1, 0.15) is 23.3 Å². The van der Waals surface area contributed by atoms with E-state index in [4.69, 9.17) is 14.2 Å². The molecule has 0 radical (unpaired) electrons. The number of esters is 2. The molecule has 3 aromatic rings. The topological polar surface area (TPSA) is 126 Å². The van der Waals surface area contributed by atoms with Gasteiger partial charge in [-0.2, -0.15) is 10.5 Å². The van der Waals surface area contributed by atoms with Crippen molar-refractivity contribution >= 4 is 51.1 Å². The molecule has 0 aliphatic carbocycles. The summed E-state index contributed by atoms with van der Waals surface area (Å²) < 4.78 is 16.9. The van der Waals surface area contributed by atoms with Crippen LogP contribution >= 0.6 is 27.3 Å². The molecule has 2 aromatic carbocycles. The van der Waals surface area contributed by atoms with E-state index < -0.39 is 17.7 Å². The summed E-state index contributed by atoms with van der Waals surface area (Å²) in [5, 5.41) is 19.2. The molecule has 204 valence electrons. The van der Waals surface area contributed by atoms with Crippen LogP contribution in [0.25, 0.3) is 6.08 Å². The molecule has 0 fully saturated rings. The molecule has 0 saturated heterocycles. The molecule has 3 rings (SSSR count). The Labute approximate surface area is 244 Å². The highest BCUT2D eigenvalue weighted by molar-refractivity contribution is 9.10. The summed E-state index contributed by atoms with van der Waals surface area (Å²) >= 11 is 4.38. The Morgan fingerprint density at radius 3 is 2.40 bits per heavy atom. The Morgan fingerprint density at radius 1 is 1.02 bits per heavy atom. The van der Waals surface area contributed by atoms with Gasteiger partial charge in [0, 0.05) is 26.9 Å². The molecule has 0 saturated carbocycles. The summed E-state index contributed by atoms with van der Waals surface area (Å²) in [6.45, 7) is 5.30. The van der Waals surface area contributed by atoms with Gasteiger partial charge in [0.2, 0.25) is 0 Å². The molecule has 0 aliphatic heterocycles. The molecule has 0 aliphatic rings. The van der Waals surface area contributed by atoms with Crippen molar-refractivity contribution in [2.24, 2.45) is 0 Å². The van der Waals surface area contributed by atoms with Crippen molar-refractivity contribution in [2.75, 3.05) is 13.2 Å². The molecule has 1 aromatic heterocycles. The molecular formula is C30H25BrN2O6S. The number of ketones is 1. The van der Waals surface area contributed by atoms with Crippen molar-refractivity contribution in [3.05, 3.63) is 90.1 Å². The third-order valence-corrected chi connectivity index (χ3v) is 7.46. The van der Waals surface area contributed by atoms with Crippen LogP contribution in [0.2, 0.25) is 0 Å². The van der Waals surface area contributed by atoms with E-state index in [9.17, 15) is 24.9 Å². The average Bonchev–Trinajstić information content (AvgIpc) is 3.26. The van der Waals surface area contributed by atoms with Gasteiger partial charge in [-0.3, -0.25) is 4.79 Å². The molecule has 1 heterocycles. The minimum absolute atomic E-state index is 0.107. The molecular weight excluding hydrogens is 596 g/mol. The summed E-state index contributed by atoms with van der Waals surface area (Å²) in [6.07, 6.45) is 1.12. The molecule has 40 heavy (non-hydrogen) atoms. The first kappa shape index (κ1) is 30.3. The Morgan fingerprint density at radius 2 is 1.73 bits per heavy atom. The van der Waals surface area contributed by atoms with Crippen molar-refractivity contribution in [1.82, 2.24) is 0 Å². The van der Waals surface area contributed by atoms with E-state index in [1.807, 2.05) is 6.07 Å². The van der Waals surface area contributed by atoms with E-state index in [-0.39, 0.29) is 42.3 Å². The number of thiophene rings is 1. The number of carbonyl (C=O) groups excluding carboxylic acids is 3. The maximum Gasteiger partial charge on any atom is 0.348 e. The van der Waals surface area contributed by atoms with Gasteiger partial charge in [0.25, 0.3) is 0 Å². The van der Waals surface area contributed by atoms with Gasteiger partial charge >= 0.3 is 11.9 Å². The van der Waals surface area contributed by atoms with Crippen LogP contribution in [0, 0.1) is 29.6 Å². The number of nitriles is 2. The van der Waals surface area contributed by atoms with Crippen LogP contribution < -0.4 is 4.74 Å². The lowest BCUT2D eigenvalue weighted by Crippen LogP contribution is -2.12. The van der Waals surface area contributed by atoms with Gasteiger partial charge in [-0.25, -0.2) is 9.59 Å². The lowest BCUT2D eigenvalue weighted by molar-refractivity contribution is -0.114. The molecule has 10 heteroatoms. The van der Waals surface area contributed by atoms with Crippen molar-refractivity contribution in [1.29, 1.82) is 10.5 Å². The van der Waals surface area contributed by atoms with Crippen LogP contribution in [0.5, 0.6) is 5.75 Å². The monoisotopic (exact) mass is 620 g/mol. The number of benzene rings is 2. The average molecular weight is 622 g/mol. The van der Waals surface area contributed by atoms with Gasteiger partial charge in [0.05, 0.1) is 36.0 Å². The summed E-state index contributed by atoms with van der Waals surface area (Å²) in [5.41, 5.74) is 1.97. The van der Waals surface area contributed by atoms with Crippen LogP contribution in [0.1, 0.15) is 61.0 Å². The number of hydrogen-bond donors (Lipinski definition) is 0. The summed E-state index contributed by atoms with van der Waals surface area (Å²) in [7, 11) is 0. The van der Waals surface area contributed by atoms with Gasteiger partial charge in [-0.05, 0) is 56.7 Å². The third kappa shape index (κ3) is 7.23. The van der Waals surface area contributed by atoms with Gasteiger partial charge in [-0.15, -0.1) is 11.3 Å². The maximum absolute atomic E-state index is 13.3. The minimum atomic E-state index is -0.655. The Balaban J connectivity index is 1.95. The fraction of sp³-hybridized carbons (Fsp3) is 0.233. The predicted octanol–water partition coefficient (Wildman–Crippen LogP) is 6.34. The number of carbonyl (C=O) groups is 3. The number of ether oxygens (including phenoxy) is 3. The molecule has 0 atom stereocenters. The number of nitrogens with zero attached hydrogens (tertiary/aromatic N) is 2. The quantitative estimate of drug-likeness (QED) is 0.138. The smallest absolute Gasteiger partial charge is 0.348 e. The van der Waals surface area contributed by atoms with Crippen molar-refractivity contribution < 1.29 is 28.6 Å². The van der Waals surface area contributed by atoms with E-state index in [0.717, 1.165) is 11.3 Å². The van der Waals surface area contributed by atoms with E-state index in [1.165, 1.54) is 6.08 Å². The highest BCUT2D eigenvalue weighted by atomic mass is 79.9. The Kier molecular flexibility index (Phi) is 10.8. The fourth-order valence-electron chi connectivity index (χ4n) is 3.81. The fourth-order valence-corrected chi connectivity index (χ4v) is 5.37. The van der Waals surface area contributed by atoms with Crippen LogP contribution in [-0.4, -0.2) is 30.9 Å². The predicted molar refractivity (Wildman–Crippen MR) is 153 cm³/mol. The number of hydrogen-bond acceptors (Lipinski definition) is 9.